The molecule has 2 aromatic rings. The molecule has 7 heteroatoms. The molecule has 188 valence electrons. The zero-order valence-electron chi connectivity index (χ0n) is 20.2. The molecule has 1 aliphatic carbocycles. The minimum Gasteiger partial charge on any atom is -0.497 e. The molecule has 5 rings (SSSR count). The first kappa shape index (κ1) is 27.4. The average Bonchev–Trinajstić information content (AvgIpc) is 2.84. The molecule has 0 aromatic heterocycles. The molecule has 34 heavy (non-hydrogen) atoms. The van der Waals surface area contributed by atoms with Gasteiger partial charge in [-0.05, 0) is 86.2 Å². The van der Waals surface area contributed by atoms with Crippen LogP contribution in [0.1, 0.15) is 36.8 Å². The van der Waals surface area contributed by atoms with Crippen LogP contribution in [0.2, 0.25) is 5.02 Å². The number of nitrogens with zero attached hydrogens (tertiary/aromatic N) is 3. The van der Waals surface area contributed by atoms with Crippen LogP contribution in [-0.2, 0) is 12.8 Å². The van der Waals surface area contributed by atoms with Gasteiger partial charge < -0.3 is 9.64 Å². The van der Waals surface area contributed by atoms with Crippen LogP contribution >= 0.6 is 36.4 Å². The summed E-state index contributed by atoms with van der Waals surface area (Å²) in [6, 6.07) is 15.0. The molecule has 0 saturated carbocycles. The van der Waals surface area contributed by atoms with Gasteiger partial charge in [0.25, 0.3) is 0 Å². The average molecular weight is 527 g/mol. The Hall–Kier alpha value is -1.17. The van der Waals surface area contributed by atoms with Crippen LogP contribution in [0.4, 0.5) is 5.69 Å². The lowest BCUT2D eigenvalue weighted by atomic mass is 9.72. The van der Waals surface area contributed by atoms with E-state index in [1.54, 1.807) is 12.7 Å². The van der Waals surface area contributed by atoms with Crippen molar-refractivity contribution in [3.05, 3.63) is 58.6 Å². The second-order valence-electron chi connectivity index (χ2n) is 9.79. The number of piperazine rings is 1. The Morgan fingerprint density at radius 1 is 0.853 bits per heavy atom. The lowest BCUT2D eigenvalue weighted by Crippen LogP contribution is -2.57. The molecule has 1 atom stereocenters. The molecule has 2 heterocycles. The van der Waals surface area contributed by atoms with Gasteiger partial charge in [-0.2, -0.15) is 0 Å². The zero-order chi connectivity index (χ0) is 22.0. The number of likely N-dealkylation sites (tertiary alicyclic amines) is 1. The van der Waals surface area contributed by atoms with Gasteiger partial charge in [-0.1, -0.05) is 24.1 Å². The van der Waals surface area contributed by atoms with E-state index in [1.807, 2.05) is 12.1 Å². The highest BCUT2D eigenvalue weighted by Gasteiger charge is 2.41. The number of hydrogen-bond donors (Lipinski definition) is 0. The molecule has 2 aromatic carbocycles. The van der Waals surface area contributed by atoms with E-state index in [9.17, 15) is 0 Å². The van der Waals surface area contributed by atoms with Crippen molar-refractivity contribution in [3.8, 4) is 5.75 Å². The number of halogens is 3. The predicted octanol–water partition coefficient (Wildman–Crippen LogP) is 5.73. The number of fused-ring (bicyclic) bond motifs is 1. The summed E-state index contributed by atoms with van der Waals surface area (Å²) in [5, 5.41) is 0.812. The predicted molar refractivity (Wildman–Crippen MR) is 148 cm³/mol. The Morgan fingerprint density at radius 3 is 2.35 bits per heavy atom. The molecule has 0 bridgehead atoms. The van der Waals surface area contributed by atoms with Crippen molar-refractivity contribution in [3.63, 3.8) is 0 Å². The lowest BCUT2D eigenvalue weighted by Gasteiger charge is -2.51. The van der Waals surface area contributed by atoms with E-state index < -0.39 is 0 Å². The monoisotopic (exact) mass is 525 g/mol. The van der Waals surface area contributed by atoms with Crippen molar-refractivity contribution in [1.82, 2.24) is 9.80 Å². The zero-order valence-corrected chi connectivity index (χ0v) is 22.6. The maximum absolute atomic E-state index is 6.05. The Labute approximate surface area is 222 Å². The van der Waals surface area contributed by atoms with E-state index >= 15 is 0 Å². The Kier molecular flexibility index (Phi) is 9.83. The second kappa shape index (κ2) is 12.2. The maximum atomic E-state index is 6.05. The summed E-state index contributed by atoms with van der Waals surface area (Å²) >= 11 is 6.05. The molecule has 0 amide bonds. The molecule has 0 radical (unpaired) electrons. The molecular weight excluding hydrogens is 489 g/mol. The van der Waals surface area contributed by atoms with Crippen LogP contribution in [0.25, 0.3) is 0 Å². The minimum absolute atomic E-state index is 0. The van der Waals surface area contributed by atoms with Gasteiger partial charge in [0.05, 0.1) is 7.11 Å². The van der Waals surface area contributed by atoms with Crippen LogP contribution in [0.5, 0.6) is 5.75 Å². The third-order valence-electron chi connectivity index (χ3n) is 8.03. The highest BCUT2D eigenvalue weighted by molar-refractivity contribution is 6.30. The Balaban J connectivity index is 0.00000162. The van der Waals surface area contributed by atoms with Crippen molar-refractivity contribution in [2.45, 2.75) is 44.1 Å². The van der Waals surface area contributed by atoms with Gasteiger partial charge in [0.2, 0.25) is 0 Å². The van der Waals surface area contributed by atoms with Crippen LogP contribution in [0.15, 0.2) is 42.5 Å². The number of aryl methyl sites for hydroxylation is 1. The highest BCUT2D eigenvalue weighted by Crippen LogP contribution is 2.40. The second-order valence-corrected chi connectivity index (χ2v) is 10.2. The summed E-state index contributed by atoms with van der Waals surface area (Å²) < 4.78 is 5.46. The fraction of sp³-hybridized carbons (Fsp3) is 0.556. The maximum Gasteiger partial charge on any atom is 0.119 e. The van der Waals surface area contributed by atoms with E-state index in [-0.39, 0.29) is 24.8 Å². The first-order valence-corrected chi connectivity index (χ1v) is 12.7. The summed E-state index contributed by atoms with van der Waals surface area (Å²) in [5.74, 6) is 0.998. The molecule has 0 N–H and O–H groups in total. The van der Waals surface area contributed by atoms with Gasteiger partial charge in [0.15, 0.2) is 0 Å². The number of methoxy groups -OCH3 is 1. The van der Waals surface area contributed by atoms with Crippen LogP contribution in [0, 0.1) is 0 Å². The number of anilines is 1. The summed E-state index contributed by atoms with van der Waals surface area (Å²) in [7, 11) is 1.77. The largest absolute Gasteiger partial charge is 0.497 e. The van der Waals surface area contributed by atoms with Gasteiger partial charge in [-0.25, -0.2) is 0 Å². The fourth-order valence-electron chi connectivity index (χ4n) is 6.07. The number of rotatable bonds is 5. The van der Waals surface area contributed by atoms with Crippen molar-refractivity contribution >= 4 is 42.1 Å². The first-order valence-electron chi connectivity index (χ1n) is 12.3. The standard InChI is InChI=1S/C27H36ClN3O.2ClH/c1-32-26-9-4-23-21-27(12-10-22(23)20-26)11-2-3-13-31(27)19-16-29-14-17-30(18-15-29)25-7-5-24(28)6-8-25;;/h4-9,20H,2-3,10-19,21H2,1H3;2*1H. The molecule has 2 fully saturated rings. The number of ether oxygens (including phenoxy) is 1. The molecule has 2 saturated heterocycles. The third-order valence-corrected chi connectivity index (χ3v) is 8.29. The molecular formula is C27H38Cl3N3O. The lowest BCUT2D eigenvalue weighted by molar-refractivity contribution is 0.0252. The molecule has 3 aliphatic rings. The molecule has 2 aliphatic heterocycles. The Bertz CT molecular complexity index is 918. The summed E-state index contributed by atoms with van der Waals surface area (Å²) in [6.45, 7) is 8.14. The van der Waals surface area contributed by atoms with Crippen LogP contribution in [0.3, 0.4) is 0 Å². The van der Waals surface area contributed by atoms with Crippen molar-refractivity contribution in [2.24, 2.45) is 0 Å². The van der Waals surface area contributed by atoms with E-state index in [4.69, 9.17) is 16.3 Å². The van der Waals surface area contributed by atoms with E-state index in [0.29, 0.717) is 5.54 Å². The summed E-state index contributed by atoms with van der Waals surface area (Å²) in [6.07, 6.45) is 7.75. The first-order chi connectivity index (χ1) is 15.6. The quantitative estimate of drug-likeness (QED) is 0.495. The van der Waals surface area contributed by atoms with Crippen molar-refractivity contribution < 1.29 is 4.74 Å². The number of hydrogen-bond acceptors (Lipinski definition) is 4. The summed E-state index contributed by atoms with van der Waals surface area (Å²) in [4.78, 5) is 8.01. The van der Waals surface area contributed by atoms with Gasteiger partial charge in [0, 0.05) is 55.5 Å². The molecule has 4 nitrogen and oxygen atoms in total. The van der Waals surface area contributed by atoms with E-state index in [1.165, 1.54) is 69.4 Å². The third kappa shape index (κ3) is 5.96. The smallest absolute Gasteiger partial charge is 0.119 e. The van der Waals surface area contributed by atoms with Crippen molar-refractivity contribution in [1.29, 1.82) is 0 Å². The van der Waals surface area contributed by atoms with Crippen LogP contribution < -0.4 is 9.64 Å². The minimum atomic E-state index is 0. The fourth-order valence-corrected chi connectivity index (χ4v) is 6.20. The van der Waals surface area contributed by atoms with E-state index in [2.05, 4.69) is 45.0 Å². The number of piperidine rings is 1. The van der Waals surface area contributed by atoms with Crippen molar-refractivity contribution in [2.75, 3.05) is 57.8 Å². The van der Waals surface area contributed by atoms with E-state index in [0.717, 1.165) is 37.0 Å². The number of benzene rings is 2. The highest BCUT2D eigenvalue weighted by atomic mass is 35.5. The SMILES string of the molecule is COc1ccc2c(c1)CCC1(CCCCN1CCN1CCN(c3ccc(Cl)cc3)CC1)C2.Cl.Cl. The molecule has 1 unspecified atom stereocenters. The normalized spacial score (nSPS) is 23.1. The van der Waals surface area contributed by atoms with Crippen LogP contribution in [-0.4, -0.2) is 68.3 Å². The van der Waals surface area contributed by atoms with Gasteiger partial charge in [0.1, 0.15) is 5.75 Å². The summed E-state index contributed by atoms with van der Waals surface area (Å²) in [5.41, 5.74) is 4.70. The van der Waals surface area contributed by atoms with Gasteiger partial charge in [-0.15, -0.1) is 24.8 Å². The Morgan fingerprint density at radius 2 is 1.62 bits per heavy atom. The molecule has 1 spiro atoms. The van der Waals surface area contributed by atoms with Gasteiger partial charge >= 0.3 is 0 Å². The topological polar surface area (TPSA) is 19.0 Å². The van der Waals surface area contributed by atoms with Gasteiger partial charge in [-0.3, -0.25) is 9.80 Å².